The van der Waals surface area contributed by atoms with Gasteiger partial charge in [0.1, 0.15) is 5.75 Å². The molecule has 0 heterocycles. The minimum atomic E-state index is -4.56. The molecule has 0 aromatic heterocycles. The summed E-state index contributed by atoms with van der Waals surface area (Å²) in [7, 11) is 3.35. The molecule has 0 fully saturated rings. The Morgan fingerprint density at radius 2 is 1.46 bits per heavy atom. The second-order valence-electron chi connectivity index (χ2n) is 11.3. The van der Waals surface area contributed by atoms with E-state index in [1.807, 2.05) is 84.9 Å². The highest BCUT2D eigenvalue weighted by Gasteiger charge is 2.38. The smallest absolute Gasteiger partial charge is 0.417 e. The number of nitrogens with zero attached hydrogens (tertiary/aromatic N) is 2. The van der Waals surface area contributed by atoms with Gasteiger partial charge in [-0.2, -0.15) is 13.2 Å². The van der Waals surface area contributed by atoms with Gasteiger partial charge in [0.15, 0.2) is 0 Å². The van der Waals surface area contributed by atoms with Gasteiger partial charge in [-0.05, 0) is 53.8 Å². The minimum Gasteiger partial charge on any atom is -0.494 e. The van der Waals surface area contributed by atoms with Crippen LogP contribution in [0.5, 0.6) is 5.75 Å². The molecule has 0 aliphatic rings. The molecule has 5 nitrogen and oxygen atoms in total. The normalized spacial score (nSPS) is 11.9. The molecule has 244 valence electrons. The highest BCUT2D eigenvalue weighted by molar-refractivity contribution is 6.32. The highest BCUT2D eigenvalue weighted by atomic mass is 35.5. The Morgan fingerprint density at radius 1 is 0.826 bits per heavy atom. The van der Waals surface area contributed by atoms with E-state index in [1.54, 1.807) is 25.1 Å². The summed E-state index contributed by atoms with van der Waals surface area (Å²) in [6.07, 6.45) is -3.74. The van der Waals surface area contributed by atoms with Crippen LogP contribution in [0.15, 0.2) is 103 Å². The molecular formula is C37H40ClF3N2O3. The van der Waals surface area contributed by atoms with Crippen molar-refractivity contribution < 1.29 is 27.4 Å². The van der Waals surface area contributed by atoms with Gasteiger partial charge in [-0.15, -0.1) is 0 Å². The van der Waals surface area contributed by atoms with Crippen LogP contribution in [0.25, 0.3) is 0 Å². The number of rotatable bonds is 15. The Labute approximate surface area is 274 Å². The number of alkyl halides is 3. The first-order valence-electron chi connectivity index (χ1n) is 15.2. The number of amides is 1. The molecule has 4 aromatic carbocycles. The van der Waals surface area contributed by atoms with E-state index in [0.29, 0.717) is 44.0 Å². The number of likely N-dealkylation sites (N-methyl/N-ethyl adjacent to an activating group) is 1. The van der Waals surface area contributed by atoms with E-state index in [2.05, 4.69) is 11.8 Å². The lowest BCUT2D eigenvalue weighted by Gasteiger charge is -2.43. The van der Waals surface area contributed by atoms with Gasteiger partial charge < -0.3 is 14.4 Å². The Hall–Kier alpha value is -3.85. The van der Waals surface area contributed by atoms with Gasteiger partial charge in [-0.3, -0.25) is 9.69 Å². The summed E-state index contributed by atoms with van der Waals surface area (Å²) in [4.78, 5) is 16.4. The Balaban J connectivity index is 1.57. The molecule has 4 aromatic rings. The average molecular weight is 653 g/mol. The van der Waals surface area contributed by atoms with Gasteiger partial charge >= 0.3 is 6.18 Å². The molecule has 0 bridgehead atoms. The summed E-state index contributed by atoms with van der Waals surface area (Å²) >= 11 is 6.41. The zero-order chi connectivity index (χ0) is 33.2. The maximum Gasteiger partial charge on any atom is 0.417 e. The van der Waals surface area contributed by atoms with Crippen LogP contribution in [-0.4, -0.2) is 56.2 Å². The molecular weight excluding hydrogens is 613 g/mol. The SMILES string of the molecule is COCCN(C)C(=O)Cc1cccc(OCCCN(Cc2cccc(C(F)(F)F)c2Cl)C(C)(c2ccccc2)c2ccccc2)c1. The molecule has 0 aliphatic heterocycles. The second kappa shape index (κ2) is 16.1. The van der Waals surface area contributed by atoms with E-state index in [4.69, 9.17) is 21.1 Å². The number of hydrogen-bond acceptors (Lipinski definition) is 4. The van der Waals surface area contributed by atoms with E-state index in [0.717, 1.165) is 22.8 Å². The van der Waals surface area contributed by atoms with Gasteiger partial charge in [0.05, 0.1) is 35.8 Å². The van der Waals surface area contributed by atoms with Crippen molar-refractivity contribution in [2.45, 2.75) is 38.0 Å². The van der Waals surface area contributed by atoms with Crippen molar-refractivity contribution in [1.82, 2.24) is 9.80 Å². The van der Waals surface area contributed by atoms with Crippen molar-refractivity contribution >= 4 is 17.5 Å². The summed E-state index contributed by atoms with van der Waals surface area (Å²) in [6, 6.07) is 31.4. The number of ether oxygens (including phenoxy) is 2. The van der Waals surface area contributed by atoms with E-state index in [9.17, 15) is 18.0 Å². The molecule has 4 rings (SSSR count). The largest absolute Gasteiger partial charge is 0.494 e. The van der Waals surface area contributed by atoms with Crippen LogP contribution in [0.2, 0.25) is 5.02 Å². The van der Waals surface area contributed by atoms with E-state index in [-0.39, 0.29) is 23.9 Å². The van der Waals surface area contributed by atoms with E-state index >= 15 is 0 Å². The lowest BCUT2D eigenvalue weighted by Crippen LogP contribution is -2.45. The zero-order valence-corrected chi connectivity index (χ0v) is 27.2. The van der Waals surface area contributed by atoms with Crippen molar-refractivity contribution in [2.24, 2.45) is 0 Å². The van der Waals surface area contributed by atoms with Crippen LogP contribution in [0.1, 0.15) is 41.2 Å². The molecule has 0 aliphatic carbocycles. The Morgan fingerprint density at radius 3 is 2.07 bits per heavy atom. The first-order valence-corrected chi connectivity index (χ1v) is 15.6. The van der Waals surface area contributed by atoms with Crippen LogP contribution in [0, 0.1) is 0 Å². The maximum atomic E-state index is 13.8. The van der Waals surface area contributed by atoms with Crippen molar-refractivity contribution in [3.63, 3.8) is 0 Å². The molecule has 0 unspecified atom stereocenters. The Kier molecular flexibility index (Phi) is 12.3. The third kappa shape index (κ3) is 8.90. The standard InChI is InChI=1S/C37H40ClF3N2O3/c1-36(30-15-6-4-7-16-30,31-17-8-5-9-18-31)43(27-29-14-11-20-33(35(29)38)37(39,40)41)21-12-23-46-32-19-10-13-28(25-32)26-34(44)42(2)22-24-45-3/h4-11,13-20,25H,12,21-24,26-27H2,1-3H3. The Bertz CT molecular complexity index is 1510. The maximum absolute atomic E-state index is 13.8. The van der Waals surface area contributed by atoms with Gasteiger partial charge in [-0.25, -0.2) is 0 Å². The lowest BCUT2D eigenvalue weighted by atomic mass is 9.82. The summed E-state index contributed by atoms with van der Waals surface area (Å²) in [5, 5.41) is -0.293. The van der Waals surface area contributed by atoms with Crippen molar-refractivity contribution in [3.8, 4) is 5.75 Å². The first-order chi connectivity index (χ1) is 22.0. The van der Waals surface area contributed by atoms with Crippen LogP contribution in [0.4, 0.5) is 13.2 Å². The minimum absolute atomic E-state index is 0.0146. The summed E-state index contributed by atoms with van der Waals surface area (Å²) in [5.41, 5.74) is 1.68. The number of carbonyl (C=O) groups excluding carboxylic acids is 1. The second-order valence-corrected chi connectivity index (χ2v) is 11.7. The molecule has 9 heteroatoms. The van der Waals surface area contributed by atoms with E-state index in [1.165, 1.54) is 6.07 Å². The van der Waals surface area contributed by atoms with E-state index < -0.39 is 17.3 Å². The number of carbonyl (C=O) groups is 1. The predicted octanol–water partition coefficient (Wildman–Crippen LogP) is 8.24. The van der Waals surface area contributed by atoms with Crippen LogP contribution in [0.3, 0.4) is 0 Å². The summed E-state index contributed by atoms with van der Waals surface area (Å²) in [6.45, 7) is 4.10. The molecule has 0 saturated carbocycles. The number of benzene rings is 4. The molecule has 0 atom stereocenters. The van der Waals surface area contributed by atoms with Crippen LogP contribution < -0.4 is 4.74 Å². The van der Waals surface area contributed by atoms with Crippen molar-refractivity contribution in [2.75, 3.05) is 40.5 Å². The number of methoxy groups -OCH3 is 1. The van der Waals surface area contributed by atoms with Crippen LogP contribution in [-0.2, 0) is 34.2 Å². The molecule has 0 saturated heterocycles. The number of hydrogen-bond donors (Lipinski definition) is 0. The molecule has 0 spiro atoms. The van der Waals surface area contributed by atoms with Gasteiger partial charge in [0, 0.05) is 33.8 Å². The lowest BCUT2D eigenvalue weighted by molar-refractivity contribution is -0.137. The first kappa shape index (κ1) is 35.0. The van der Waals surface area contributed by atoms with Gasteiger partial charge in [-0.1, -0.05) is 96.5 Å². The van der Waals surface area contributed by atoms with Gasteiger partial charge in [0.25, 0.3) is 0 Å². The summed E-state index contributed by atoms with van der Waals surface area (Å²) in [5.74, 6) is 0.630. The third-order valence-corrected chi connectivity index (χ3v) is 8.65. The fourth-order valence-electron chi connectivity index (χ4n) is 5.50. The monoisotopic (exact) mass is 652 g/mol. The van der Waals surface area contributed by atoms with Crippen molar-refractivity contribution in [3.05, 3.63) is 136 Å². The fraction of sp³-hybridized carbons (Fsp3) is 0.324. The quantitative estimate of drug-likeness (QED) is 0.121. The molecule has 46 heavy (non-hydrogen) atoms. The molecule has 0 radical (unpaired) electrons. The summed E-state index contributed by atoms with van der Waals surface area (Å²) < 4.78 is 52.5. The van der Waals surface area contributed by atoms with Crippen LogP contribution >= 0.6 is 11.6 Å². The zero-order valence-electron chi connectivity index (χ0n) is 26.4. The topological polar surface area (TPSA) is 42.0 Å². The molecule has 1 amide bonds. The van der Waals surface area contributed by atoms with Crippen molar-refractivity contribution in [1.29, 1.82) is 0 Å². The average Bonchev–Trinajstić information content (AvgIpc) is 3.05. The molecule has 0 N–H and O–H groups in total. The third-order valence-electron chi connectivity index (χ3n) is 8.20. The highest BCUT2D eigenvalue weighted by Crippen LogP contribution is 2.40. The van der Waals surface area contributed by atoms with Gasteiger partial charge in [0.2, 0.25) is 5.91 Å². The number of halogens is 4. The fourth-order valence-corrected chi connectivity index (χ4v) is 5.79. The predicted molar refractivity (Wildman–Crippen MR) is 176 cm³/mol.